The standard InChI is InChI=1S/C22H27N3O2S2/c1-22(2,3)13-6-7-15-16(11-13)29-21-19(15)20(27)24-17(25-21)8-9-18(26)23-12-14-5-4-10-28-14/h4-5,10,13H,6-9,11-12H2,1-3H3,(H,23,26)(H,24,25,27)/t13-/m0/s1. The lowest BCUT2D eigenvalue weighted by Gasteiger charge is -2.33. The molecule has 3 aromatic heterocycles. The summed E-state index contributed by atoms with van der Waals surface area (Å²) >= 11 is 3.28. The van der Waals surface area contributed by atoms with Crippen LogP contribution >= 0.6 is 22.7 Å². The number of nitrogens with zero attached hydrogens (tertiary/aromatic N) is 1. The van der Waals surface area contributed by atoms with E-state index in [0.29, 0.717) is 31.1 Å². The number of carbonyl (C=O) groups excluding carboxylic acids is 1. The van der Waals surface area contributed by atoms with Crippen LogP contribution in [-0.4, -0.2) is 15.9 Å². The molecule has 0 aromatic carbocycles. The second-order valence-electron chi connectivity index (χ2n) is 8.86. The number of amides is 1. The Labute approximate surface area is 178 Å². The minimum absolute atomic E-state index is 0.0281. The molecule has 3 heterocycles. The van der Waals surface area contributed by atoms with Gasteiger partial charge in [0.25, 0.3) is 5.56 Å². The van der Waals surface area contributed by atoms with Crippen molar-refractivity contribution in [2.24, 2.45) is 11.3 Å². The van der Waals surface area contributed by atoms with Crippen LogP contribution in [0.1, 0.15) is 54.8 Å². The van der Waals surface area contributed by atoms with E-state index in [1.807, 2.05) is 17.5 Å². The van der Waals surface area contributed by atoms with Crippen LogP contribution in [0.5, 0.6) is 0 Å². The van der Waals surface area contributed by atoms with Gasteiger partial charge in [-0.1, -0.05) is 26.8 Å². The molecule has 0 saturated heterocycles. The zero-order valence-corrected chi connectivity index (χ0v) is 18.8. The van der Waals surface area contributed by atoms with Crippen molar-refractivity contribution >= 4 is 38.8 Å². The third-order valence-corrected chi connectivity index (χ3v) is 7.85. The number of hydrogen-bond donors (Lipinski definition) is 2. The Morgan fingerprint density at radius 2 is 2.21 bits per heavy atom. The smallest absolute Gasteiger partial charge is 0.259 e. The Hall–Kier alpha value is -1.99. The maximum absolute atomic E-state index is 12.7. The molecule has 1 aliphatic rings. The third kappa shape index (κ3) is 4.46. The molecule has 29 heavy (non-hydrogen) atoms. The van der Waals surface area contributed by atoms with E-state index in [1.165, 1.54) is 10.4 Å². The van der Waals surface area contributed by atoms with Gasteiger partial charge in [-0.15, -0.1) is 22.7 Å². The molecule has 4 rings (SSSR count). The van der Waals surface area contributed by atoms with Crippen molar-refractivity contribution in [2.75, 3.05) is 0 Å². The van der Waals surface area contributed by atoms with E-state index < -0.39 is 0 Å². The van der Waals surface area contributed by atoms with E-state index in [1.54, 1.807) is 22.7 Å². The molecule has 0 fully saturated rings. The van der Waals surface area contributed by atoms with Crippen molar-refractivity contribution < 1.29 is 4.79 Å². The lowest BCUT2D eigenvalue weighted by Crippen LogP contribution is -2.26. The normalized spacial score (nSPS) is 16.7. The first-order valence-electron chi connectivity index (χ1n) is 10.1. The third-order valence-electron chi connectivity index (χ3n) is 5.82. The summed E-state index contributed by atoms with van der Waals surface area (Å²) in [6, 6.07) is 3.97. The van der Waals surface area contributed by atoms with Gasteiger partial charge in [-0.3, -0.25) is 9.59 Å². The Morgan fingerprint density at radius 1 is 1.38 bits per heavy atom. The van der Waals surface area contributed by atoms with Gasteiger partial charge < -0.3 is 10.3 Å². The van der Waals surface area contributed by atoms with Crippen LogP contribution in [0.15, 0.2) is 22.3 Å². The fourth-order valence-corrected chi connectivity index (χ4v) is 5.97. The van der Waals surface area contributed by atoms with Crippen LogP contribution in [0.2, 0.25) is 0 Å². The highest BCUT2D eigenvalue weighted by Crippen LogP contribution is 2.41. The second-order valence-corrected chi connectivity index (χ2v) is 11.0. The Bertz CT molecular complexity index is 1070. The summed E-state index contributed by atoms with van der Waals surface area (Å²) < 4.78 is 0. The number of aromatic amines is 1. The molecule has 1 amide bonds. The first-order valence-corrected chi connectivity index (χ1v) is 11.8. The Kier molecular flexibility index (Phi) is 5.62. The average Bonchev–Trinajstić information content (AvgIpc) is 3.30. The molecule has 0 unspecified atom stereocenters. The van der Waals surface area contributed by atoms with Gasteiger partial charge in [-0.25, -0.2) is 4.98 Å². The molecule has 154 valence electrons. The lowest BCUT2D eigenvalue weighted by atomic mass is 9.72. The van der Waals surface area contributed by atoms with Gasteiger partial charge in [0.05, 0.1) is 11.9 Å². The largest absolute Gasteiger partial charge is 0.351 e. The molecule has 2 N–H and O–H groups in total. The van der Waals surface area contributed by atoms with Crippen molar-refractivity contribution in [3.05, 3.63) is 49.0 Å². The fourth-order valence-electron chi connectivity index (χ4n) is 4.01. The highest BCUT2D eigenvalue weighted by molar-refractivity contribution is 7.18. The molecule has 0 bridgehead atoms. The predicted molar refractivity (Wildman–Crippen MR) is 120 cm³/mol. The Morgan fingerprint density at radius 3 is 2.93 bits per heavy atom. The van der Waals surface area contributed by atoms with Gasteiger partial charge in [-0.2, -0.15) is 0 Å². The molecule has 7 heteroatoms. The number of fused-ring (bicyclic) bond motifs is 3. The molecule has 0 spiro atoms. The molecule has 0 radical (unpaired) electrons. The fraction of sp³-hybridized carbons (Fsp3) is 0.500. The molecule has 0 aliphatic heterocycles. The first kappa shape index (κ1) is 20.3. The number of hydrogen-bond acceptors (Lipinski definition) is 5. The molecule has 1 atom stereocenters. The van der Waals surface area contributed by atoms with Crippen LogP contribution in [0, 0.1) is 11.3 Å². The SMILES string of the molecule is CC(C)(C)[C@H]1CCc2c(sc3nc(CCC(=O)NCc4cccs4)[nH]c(=O)c23)C1. The number of nitrogens with one attached hydrogen (secondary N) is 2. The maximum atomic E-state index is 12.7. The minimum atomic E-state index is -0.0595. The van der Waals surface area contributed by atoms with Crippen LogP contribution in [-0.2, 0) is 30.6 Å². The van der Waals surface area contributed by atoms with E-state index in [2.05, 4.69) is 31.1 Å². The number of rotatable bonds is 5. The maximum Gasteiger partial charge on any atom is 0.259 e. The quantitative estimate of drug-likeness (QED) is 0.629. The van der Waals surface area contributed by atoms with E-state index >= 15 is 0 Å². The lowest BCUT2D eigenvalue weighted by molar-refractivity contribution is -0.121. The number of carbonyl (C=O) groups is 1. The van der Waals surface area contributed by atoms with Gasteiger partial charge in [0.2, 0.25) is 5.91 Å². The number of aromatic nitrogens is 2. The van der Waals surface area contributed by atoms with Crippen LogP contribution in [0.4, 0.5) is 0 Å². The summed E-state index contributed by atoms with van der Waals surface area (Å²) in [6.07, 6.45) is 3.85. The molecular weight excluding hydrogens is 402 g/mol. The molecule has 1 aliphatic carbocycles. The number of H-pyrrole nitrogens is 1. The summed E-state index contributed by atoms with van der Waals surface area (Å²) in [4.78, 5) is 35.7. The molecule has 3 aromatic rings. The van der Waals surface area contributed by atoms with Gasteiger partial charge >= 0.3 is 0 Å². The molecule has 5 nitrogen and oxygen atoms in total. The van der Waals surface area contributed by atoms with Crippen molar-refractivity contribution in [1.29, 1.82) is 0 Å². The van der Waals surface area contributed by atoms with Crippen molar-refractivity contribution in [2.45, 2.75) is 59.4 Å². The van der Waals surface area contributed by atoms with Crippen LogP contribution < -0.4 is 10.9 Å². The number of aryl methyl sites for hydroxylation is 2. The number of thiophene rings is 2. The highest BCUT2D eigenvalue weighted by Gasteiger charge is 2.31. The van der Waals surface area contributed by atoms with Gasteiger partial charge in [0.1, 0.15) is 10.7 Å². The topological polar surface area (TPSA) is 74.8 Å². The van der Waals surface area contributed by atoms with Crippen LogP contribution in [0.25, 0.3) is 10.2 Å². The molecule has 0 saturated carbocycles. The summed E-state index contributed by atoms with van der Waals surface area (Å²) in [5.74, 6) is 1.20. The zero-order valence-electron chi connectivity index (χ0n) is 17.1. The summed E-state index contributed by atoms with van der Waals surface area (Å²) in [7, 11) is 0. The van der Waals surface area contributed by atoms with Crippen molar-refractivity contribution in [3.8, 4) is 0 Å². The summed E-state index contributed by atoms with van der Waals surface area (Å²) in [5, 5.41) is 5.68. The zero-order chi connectivity index (χ0) is 20.6. The van der Waals surface area contributed by atoms with Crippen molar-refractivity contribution in [3.63, 3.8) is 0 Å². The average molecular weight is 430 g/mol. The summed E-state index contributed by atoms with van der Waals surface area (Å²) in [6.45, 7) is 7.43. The van der Waals surface area contributed by atoms with Crippen molar-refractivity contribution in [1.82, 2.24) is 15.3 Å². The predicted octanol–water partition coefficient (Wildman–Crippen LogP) is 4.45. The van der Waals surface area contributed by atoms with E-state index in [4.69, 9.17) is 4.98 Å². The van der Waals surface area contributed by atoms with E-state index in [0.717, 1.165) is 34.4 Å². The van der Waals surface area contributed by atoms with E-state index in [-0.39, 0.29) is 16.9 Å². The van der Waals surface area contributed by atoms with Gasteiger partial charge in [0.15, 0.2) is 0 Å². The van der Waals surface area contributed by atoms with Crippen LogP contribution in [0.3, 0.4) is 0 Å². The van der Waals surface area contributed by atoms with E-state index in [9.17, 15) is 9.59 Å². The minimum Gasteiger partial charge on any atom is -0.351 e. The highest BCUT2D eigenvalue weighted by atomic mass is 32.1. The first-order chi connectivity index (χ1) is 13.8. The summed E-state index contributed by atoms with van der Waals surface area (Å²) in [5.41, 5.74) is 1.41. The Balaban J connectivity index is 1.46. The van der Waals surface area contributed by atoms with Gasteiger partial charge in [-0.05, 0) is 47.6 Å². The van der Waals surface area contributed by atoms with Gasteiger partial charge in [0, 0.05) is 22.6 Å². The second kappa shape index (κ2) is 8.03. The monoisotopic (exact) mass is 429 g/mol. The molecular formula is C22H27N3O2S2.